The van der Waals surface area contributed by atoms with Crippen LogP contribution in [-0.4, -0.2) is 31.3 Å². The van der Waals surface area contributed by atoms with Crippen LogP contribution in [-0.2, 0) is 6.54 Å². The number of carbonyl (C=O) groups is 1. The minimum absolute atomic E-state index is 0.0915. The van der Waals surface area contributed by atoms with Crippen LogP contribution in [0.25, 0.3) is 0 Å². The molecular weight excluding hydrogens is 274 g/mol. The topological polar surface area (TPSA) is 89.6 Å². The molecule has 2 aromatic heterocycles. The molecule has 7 heteroatoms. The lowest BCUT2D eigenvalue weighted by Crippen LogP contribution is -2.06. The van der Waals surface area contributed by atoms with Crippen LogP contribution in [0.1, 0.15) is 35.1 Å². The Morgan fingerprint density at radius 2 is 2.25 bits per heavy atom. The van der Waals surface area contributed by atoms with E-state index in [0.717, 1.165) is 29.9 Å². The van der Waals surface area contributed by atoms with Crippen molar-refractivity contribution in [1.29, 1.82) is 0 Å². The second-order valence-corrected chi connectivity index (χ2v) is 5.59. The van der Waals surface area contributed by atoms with E-state index in [1.165, 1.54) is 11.8 Å². The summed E-state index contributed by atoms with van der Waals surface area (Å²) in [5, 5.41) is 6.95. The molecular formula is C13H19N5OS. The molecule has 0 fully saturated rings. The quantitative estimate of drug-likeness (QED) is 0.629. The van der Waals surface area contributed by atoms with Gasteiger partial charge in [0.2, 0.25) is 11.1 Å². The molecule has 0 spiro atoms. The van der Waals surface area contributed by atoms with E-state index in [1.807, 2.05) is 19.9 Å². The lowest BCUT2D eigenvalue weighted by atomic mass is 10.2. The van der Waals surface area contributed by atoms with Crippen LogP contribution >= 0.6 is 11.8 Å². The fourth-order valence-electron chi connectivity index (χ4n) is 2.18. The number of aryl methyl sites for hydroxylation is 1. The molecule has 2 heterocycles. The lowest BCUT2D eigenvalue weighted by molar-refractivity contribution is 0.102. The Kier molecular flexibility index (Phi) is 4.49. The summed E-state index contributed by atoms with van der Waals surface area (Å²) in [6, 6.07) is 1.96. The second kappa shape index (κ2) is 6.13. The number of thioether (sulfide) groups is 1. The number of nitrogens with one attached hydrogen (secondary N) is 1. The van der Waals surface area contributed by atoms with E-state index in [4.69, 9.17) is 5.73 Å². The Hall–Kier alpha value is -1.76. The number of nitrogens with zero attached hydrogens (tertiary/aromatic N) is 3. The highest BCUT2D eigenvalue weighted by Crippen LogP contribution is 2.20. The summed E-state index contributed by atoms with van der Waals surface area (Å²) in [5.41, 5.74) is 8.39. The number of nitrogens with two attached hydrogens (primary N) is 1. The van der Waals surface area contributed by atoms with Crippen molar-refractivity contribution in [3.63, 3.8) is 0 Å². The molecule has 0 aliphatic rings. The van der Waals surface area contributed by atoms with Gasteiger partial charge in [0.05, 0.1) is 5.75 Å². The molecule has 0 aliphatic carbocycles. The number of ketones is 1. The van der Waals surface area contributed by atoms with Crippen molar-refractivity contribution in [1.82, 2.24) is 19.7 Å². The Morgan fingerprint density at radius 3 is 2.85 bits per heavy atom. The predicted molar refractivity (Wildman–Crippen MR) is 80.0 cm³/mol. The summed E-state index contributed by atoms with van der Waals surface area (Å²) in [6.07, 6.45) is 1.05. The minimum atomic E-state index is 0.0915. The number of rotatable bonds is 6. The van der Waals surface area contributed by atoms with Crippen molar-refractivity contribution >= 4 is 23.5 Å². The zero-order chi connectivity index (χ0) is 14.7. The lowest BCUT2D eigenvalue weighted by Gasteiger charge is -2.07. The molecule has 20 heavy (non-hydrogen) atoms. The maximum absolute atomic E-state index is 12.3. The molecule has 0 aromatic carbocycles. The maximum Gasteiger partial charge on any atom is 0.216 e. The monoisotopic (exact) mass is 293 g/mol. The van der Waals surface area contributed by atoms with Crippen molar-refractivity contribution in [3.8, 4) is 0 Å². The number of H-pyrrole nitrogens is 1. The molecule has 0 bridgehead atoms. The highest BCUT2D eigenvalue weighted by molar-refractivity contribution is 7.99. The van der Waals surface area contributed by atoms with Crippen LogP contribution in [0.15, 0.2) is 11.2 Å². The van der Waals surface area contributed by atoms with Crippen molar-refractivity contribution in [2.24, 2.45) is 0 Å². The molecule has 0 atom stereocenters. The second-order valence-electron chi connectivity index (χ2n) is 4.65. The van der Waals surface area contributed by atoms with Crippen LogP contribution in [0.4, 0.5) is 5.95 Å². The van der Waals surface area contributed by atoms with Crippen LogP contribution in [0, 0.1) is 13.8 Å². The first-order valence-electron chi connectivity index (χ1n) is 6.53. The fourth-order valence-corrected chi connectivity index (χ4v) is 2.87. The summed E-state index contributed by atoms with van der Waals surface area (Å²) in [5.74, 6) is 0.670. The SMILES string of the molecule is CCCn1c(C)cc(C(=O)CSc2n[nH]c(N)n2)c1C. The molecule has 0 amide bonds. The smallest absolute Gasteiger partial charge is 0.216 e. The highest BCUT2D eigenvalue weighted by atomic mass is 32.2. The van der Waals surface area contributed by atoms with Gasteiger partial charge >= 0.3 is 0 Å². The third-order valence-electron chi connectivity index (χ3n) is 3.14. The number of Topliss-reactive ketones (excluding diaryl/α,β-unsaturated/α-hetero) is 1. The number of carbonyl (C=O) groups excluding carboxylic acids is 1. The number of aromatic amines is 1. The number of hydrogen-bond acceptors (Lipinski definition) is 5. The first kappa shape index (κ1) is 14.6. The molecule has 2 aromatic rings. The molecule has 0 saturated heterocycles. The van der Waals surface area contributed by atoms with Crippen LogP contribution in [0.2, 0.25) is 0 Å². The van der Waals surface area contributed by atoms with Gasteiger partial charge in [-0.05, 0) is 26.3 Å². The van der Waals surface area contributed by atoms with Gasteiger partial charge in [-0.3, -0.25) is 4.79 Å². The molecule has 6 nitrogen and oxygen atoms in total. The minimum Gasteiger partial charge on any atom is -0.368 e. The zero-order valence-electron chi connectivity index (χ0n) is 11.9. The van der Waals surface area contributed by atoms with Gasteiger partial charge in [-0.15, -0.1) is 5.10 Å². The molecule has 108 valence electrons. The summed E-state index contributed by atoms with van der Waals surface area (Å²) >= 11 is 1.29. The molecule has 2 rings (SSSR count). The van der Waals surface area contributed by atoms with Crippen molar-refractivity contribution in [2.45, 2.75) is 38.9 Å². The summed E-state index contributed by atoms with van der Waals surface area (Å²) in [6.45, 7) is 7.09. The van der Waals surface area contributed by atoms with Gasteiger partial charge in [0.1, 0.15) is 0 Å². The Bertz CT molecular complexity index is 616. The summed E-state index contributed by atoms with van der Waals surface area (Å²) in [4.78, 5) is 16.3. The van der Waals surface area contributed by atoms with Gasteiger partial charge in [0.15, 0.2) is 5.78 Å². The van der Waals surface area contributed by atoms with E-state index < -0.39 is 0 Å². The first-order valence-corrected chi connectivity index (χ1v) is 7.52. The van der Waals surface area contributed by atoms with Crippen LogP contribution < -0.4 is 5.73 Å². The largest absolute Gasteiger partial charge is 0.368 e. The third kappa shape index (κ3) is 3.04. The number of anilines is 1. The van der Waals surface area contributed by atoms with E-state index in [2.05, 4.69) is 26.7 Å². The first-order chi connectivity index (χ1) is 9.52. The van der Waals surface area contributed by atoms with Gasteiger partial charge in [-0.2, -0.15) is 4.98 Å². The average Bonchev–Trinajstić information content (AvgIpc) is 2.94. The predicted octanol–water partition coefficient (Wildman–Crippen LogP) is 2.19. The molecule has 0 saturated carbocycles. The van der Waals surface area contributed by atoms with Gasteiger partial charge in [-0.1, -0.05) is 18.7 Å². The van der Waals surface area contributed by atoms with Crippen molar-refractivity contribution < 1.29 is 4.79 Å². The highest BCUT2D eigenvalue weighted by Gasteiger charge is 2.16. The van der Waals surface area contributed by atoms with E-state index in [9.17, 15) is 4.79 Å². The van der Waals surface area contributed by atoms with Crippen molar-refractivity contribution in [3.05, 3.63) is 23.0 Å². The number of aromatic nitrogens is 4. The third-order valence-corrected chi connectivity index (χ3v) is 3.98. The number of hydrogen-bond donors (Lipinski definition) is 2. The fraction of sp³-hybridized carbons (Fsp3) is 0.462. The van der Waals surface area contributed by atoms with Crippen molar-refractivity contribution in [2.75, 3.05) is 11.5 Å². The van der Waals surface area contributed by atoms with E-state index in [0.29, 0.717) is 10.9 Å². The van der Waals surface area contributed by atoms with Crippen LogP contribution in [0.5, 0.6) is 0 Å². The van der Waals surface area contributed by atoms with Gasteiger partial charge in [0.25, 0.3) is 0 Å². The normalized spacial score (nSPS) is 10.9. The van der Waals surface area contributed by atoms with E-state index >= 15 is 0 Å². The molecule has 0 radical (unpaired) electrons. The van der Waals surface area contributed by atoms with E-state index in [1.54, 1.807) is 0 Å². The Balaban J connectivity index is 2.07. The molecule has 3 N–H and O–H groups in total. The zero-order valence-corrected chi connectivity index (χ0v) is 12.8. The van der Waals surface area contributed by atoms with E-state index in [-0.39, 0.29) is 11.7 Å². The molecule has 0 unspecified atom stereocenters. The Labute approximate surface area is 122 Å². The number of nitrogen functional groups attached to an aromatic ring is 1. The standard InChI is InChI=1S/C13H19N5OS/c1-4-5-18-8(2)6-10(9(18)3)11(19)7-20-13-15-12(14)16-17-13/h6H,4-5,7H2,1-3H3,(H3,14,15,16,17). The van der Waals surface area contributed by atoms with Crippen LogP contribution in [0.3, 0.4) is 0 Å². The van der Waals surface area contributed by atoms with Gasteiger partial charge in [0, 0.05) is 23.5 Å². The van der Waals surface area contributed by atoms with Gasteiger partial charge < -0.3 is 10.3 Å². The van der Waals surface area contributed by atoms with Gasteiger partial charge in [-0.25, -0.2) is 5.10 Å². The maximum atomic E-state index is 12.3. The molecule has 0 aliphatic heterocycles. The Morgan fingerprint density at radius 1 is 1.50 bits per heavy atom. The summed E-state index contributed by atoms with van der Waals surface area (Å²) < 4.78 is 2.18. The average molecular weight is 293 g/mol. The summed E-state index contributed by atoms with van der Waals surface area (Å²) in [7, 11) is 0.